The van der Waals surface area contributed by atoms with Crippen LogP contribution in [0.4, 0.5) is 0 Å². The number of aryl methyl sites for hydroxylation is 1. The molecule has 0 saturated heterocycles. The molecule has 3 aromatic rings. The highest BCUT2D eigenvalue weighted by molar-refractivity contribution is 7.99. The molecule has 0 bridgehead atoms. The van der Waals surface area contributed by atoms with Crippen LogP contribution in [-0.4, -0.2) is 0 Å². The normalized spacial score (nSPS) is 11.0. The third-order valence-electron chi connectivity index (χ3n) is 3.03. The first-order chi connectivity index (χ1) is 10.0. The van der Waals surface area contributed by atoms with E-state index >= 15 is 0 Å². The van der Waals surface area contributed by atoms with Crippen LogP contribution in [0.3, 0.4) is 0 Å². The Kier molecular flexibility index (Phi) is 3.98. The van der Waals surface area contributed by atoms with Gasteiger partial charge in [-0.05, 0) is 48.9 Å². The van der Waals surface area contributed by atoms with Gasteiger partial charge in [0.15, 0.2) is 0 Å². The van der Waals surface area contributed by atoms with Crippen LogP contribution in [-0.2, 0) is 0 Å². The highest BCUT2D eigenvalue weighted by Crippen LogP contribution is 2.30. The van der Waals surface area contributed by atoms with Crippen LogP contribution >= 0.6 is 35.0 Å². The van der Waals surface area contributed by atoms with Crippen molar-refractivity contribution in [3.63, 3.8) is 0 Å². The number of rotatable bonds is 2. The molecule has 0 saturated carbocycles. The van der Waals surface area contributed by atoms with E-state index in [1.165, 1.54) is 11.8 Å². The molecule has 0 fully saturated rings. The number of hydrogen-bond donors (Lipinski definition) is 0. The Labute approximate surface area is 135 Å². The van der Waals surface area contributed by atoms with Crippen LogP contribution < -0.4 is 5.63 Å². The molecule has 1 heterocycles. The average Bonchev–Trinajstić information content (AvgIpc) is 2.44. The highest BCUT2D eigenvalue weighted by Gasteiger charge is 2.08. The van der Waals surface area contributed by atoms with E-state index in [0.29, 0.717) is 20.5 Å². The minimum Gasteiger partial charge on any atom is -0.422 e. The quantitative estimate of drug-likeness (QED) is 0.574. The zero-order valence-corrected chi connectivity index (χ0v) is 13.4. The number of fused-ring (bicyclic) bond motifs is 1. The van der Waals surface area contributed by atoms with Gasteiger partial charge in [0.1, 0.15) is 5.58 Å². The largest absolute Gasteiger partial charge is 0.422 e. The predicted octanol–water partition coefficient (Wildman–Crippen LogP) is 5.56. The lowest BCUT2D eigenvalue weighted by Gasteiger charge is -2.04. The van der Waals surface area contributed by atoms with Crippen molar-refractivity contribution in [2.45, 2.75) is 16.7 Å². The molecule has 0 N–H and O–H groups in total. The fourth-order valence-electron chi connectivity index (χ4n) is 1.91. The molecular weight excluding hydrogens is 327 g/mol. The Morgan fingerprint density at radius 3 is 2.62 bits per heavy atom. The summed E-state index contributed by atoms with van der Waals surface area (Å²) < 4.78 is 5.31. The maximum absolute atomic E-state index is 12.0. The molecular formula is C16H10Cl2O2S. The maximum Gasteiger partial charge on any atom is 0.350 e. The fourth-order valence-corrected chi connectivity index (χ4v) is 3.21. The lowest BCUT2D eigenvalue weighted by Crippen LogP contribution is -2.01. The van der Waals surface area contributed by atoms with Gasteiger partial charge in [-0.25, -0.2) is 4.79 Å². The van der Waals surface area contributed by atoms with Gasteiger partial charge in [-0.1, -0.05) is 41.0 Å². The van der Waals surface area contributed by atoms with Gasteiger partial charge in [0, 0.05) is 20.3 Å². The van der Waals surface area contributed by atoms with Crippen LogP contribution in [0.2, 0.25) is 10.0 Å². The molecule has 0 aliphatic rings. The van der Waals surface area contributed by atoms with E-state index in [9.17, 15) is 4.79 Å². The average molecular weight is 337 g/mol. The van der Waals surface area contributed by atoms with Crippen molar-refractivity contribution in [1.29, 1.82) is 0 Å². The molecule has 0 unspecified atom stereocenters. The van der Waals surface area contributed by atoms with Crippen molar-refractivity contribution >= 4 is 45.9 Å². The summed E-state index contributed by atoms with van der Waals surface area (Å²) in [5.41, 5.74) is 1.15. The van der Waals surface area contributed by atoms with E-state index in [1.54, 1.807) is 24.3 Å². The first-order valence-electron chi connectivity index (χ1n) is 6.20. The van der Waals surface area contributed by atoms with E-state index in [1.807, 2.05) is 25.1 Å². The van der Waals surface area contributed by atoms with Crippen molar-refractivity contribution in [3.05, 3.63) is 68.5 Å². The molecule has 106 valence electrons. The van der Waals surface area contributed by atoms with Crippen molar-refractivity contribution in [2.75, 3.05) is 0 Å². The first-order valence-corrected chi connectivity index (χ1v) is 7.77. The van der Waals surface area contributed by atoms with Crippen LogP contribution in [0.1, 0.15) is 5.56 Å². The molecule has 0 spiro atoms. The lowest BCUT2D eigenvalue weighted by atomic mass is 10.2. The van der Waals surface area contributed by atoms with E-state index in [0.717, 1.165) is 15.8 Å². The Morgan fingerprint density at radius 1 is 1.05 bits per heavy atom. The van der Waals surface area contributed by atoms with Gasteiger partial charge in [-0.15, -0.1) is 0 Å². The van der Waals surface area contributed by atoms with Gasteiger partial charge < -0.3 is 4.42 Å². The SMILES string of the molecule is Cc1ccc(Sc2cc3cc(Cl)ccc3oc2=O)cc1Cl. The fraction of sp³-hybridized carbons (Fsp3) is 0.0625. The maximum atomic E-state index is 12.0. The standard InChI is InChI=1S/C16H10Cl2O2S/c1-9-2-4-12(8-13(9)18)21-15-7-10-6-11(17)3-5-14(10)20-16(15)19/h2-8H,1H3. The molecule has 0 aliphatic carbocycles. The summed E-state index contributed by atoms with van der Waals surface area (Å²) in [4.78, 5) is 13.4. The second-order valence-electron chi connectivity index (χ2n) is 4.59. The third kappa shape index (κ3) is 3.10. The van der Waals surface area contributed by atoms with E-state index < -0.39 is 0 Å². The van der Waals surface area contributed by atoms with Gasteiger partial charge in [0.05, 0.1) is 4.90 Å². The Balaban J connectivity index is 2.05. The monoisotopic (exact) mass is 336 g/mol. The number of halogens is 2. The zero-order valence-electron chi connectivity index (χ0n) is 11.0. The molecule has 0 aliphatic heterocycles. The summed E-state index contributed by atoms with van der Waals surface area (Å²) in [6.07, 6.45) is 0. The smallest absolute Gasteiger partial charge is 0.350 e. The molecule has 3 rings (SSSR count). The summed E-state index contributed by atoms with van der Waals surface area (Å²) in [6, 6.07) is 12.6. The second-order valence-corrected chi connectivity index (χ2v) is 6.55. The molecule has 1 aromatic heterocycles. The summed E-state index contributed by atoms with van der Waals surface area (Å²) in [7, 11) is 0. The van der Waals surface area contributed by atoms with Crippen LogP contribution in [0, 0.1) is 6.92 Å². The van der Waals surface area contributed by atoms with Crippen molar-refractivity contribution in [2.24, 2.45) is 0 Å². The summed E-state index contributed by atoms with van der Waals surface area (Å²) >= 11 is 13.4. The third-order valence-corrected chi connectivity index (χ3v) is 4.67. The minimum atomic E-state index is -0.369. The molecule has 5 heteroatoms. The Morgan fingerprint density at radius 2 is 1.86 bits per heavy atom. The molecule has 2 aromatic carbocycles. The van der Waals surface area contributed by atoms with Gasteiger partial charge in [0.25, 0.3) is 0 Å². The minimum absolute atomic E-state index is 0.369. The van der Waals surface area contributed by atoms with Gasteiger partial charge >= 0.3 is 5.63 Å². The van der Waals surface area contributed by atoms with Gasteiger partial charge in [0.2, 0.25) is 0 Å². The molecule has 0 atom stereocenters. The van der Waals surface area contributed by atoms with Gasteiger partial charge in [-0.3, -0.25) is 0 Å². The number of benzene rings is 2. The van der Waals surface area contributed by atoms with Gasteiger partial charge in [-0.2, -0.15) is 0 Å². The van der Waals surface area contributed by atoms with Crippen LogP contribution in [0.15, 0.2) is 61.5 Å². The zero-order chi connectivity index (χ0) is 15.0. The van der Waals surface area contributed by atoms with E-state index in [2.05, 4.69) is 0 Å². The molecule has 0 radical (unpaired) electrons. The van der Waals surface area contributed by atoms with Crippen molar-refractivity contribution < 1.29 is 4.42 Å². The molecule has 0 amide bonds. The first kappa shape index (κ1) is 14.5. The molecule has 2 nitrogen and oxygen atoms in total. The van der Waals surface area contributed by atoms with E-state index in [-0.39, 0.29) is 5.63 Å². The van der Waals surface area contributed by atoms with Crippen LogP contribution in [0.25, 0.3) is 11.0 Å². The topological polar surface area (TPSA) is 30.2 Å². The Bertz CT molecular complexity index is 887. The predicted molar refractivity (Wildman–Crippen MR) is 87.8 cm³/mol. The summed E-state index contributed by atoms with van der Waals surface area (Å²) in [6.45, 7) is 1.93. The summed E-state index contributed by atoms with van der Waals surface area (Å²) in [5, 5.41) is 2.07. The summed E-state index contributed by atoms with van der Waals surface area (Å²) in [5.74, 6) is 0. The Hall–Kier alpha value is -1.42. The van der Waals surface area contributed by atoms with E-state index in [4.69, 9.17) is 27.6 Å². The highest BCUT2D eigenvalue weighted by atomic mass is 35.5. The second kappa shape index (κ2) is 5.76. The van der Waals surface area contributed by atoms with Crippen molar-refractivity contribution in [1.82, 2.24) is 0 Å². The number of hydrogen-bond acceptors (Lipinski definition) is 3. The molecule has 21 heavy (non-hydrogen) atoms. The van der Waals surface area contributed by atoms with Crippen LogP contribution in [0.5, 0.6) is 0 Å². The lowest BCUT2D eigenvalue weighted by molar-refractivity contribution is 0.544. The van der Waals surface area contributed by atoms with Crippen molar-refractivity contribution in [3.8, 4) is 0 Å².